The van der Waals surface area contributed by atoms with Crippen LogP contribution in [0.1, 0.15) is 53.0 Å². The molecule has 130 valence electrons. The maximum Gasteiger partial charge on any atom is 0.315 e. The second-order valence-corrected chi connectivity index (χ2v) is 8.02. The van der Waals surface area contributed by atoms with E-state index in [1.165, 1.54) is 5.56 Å². The Morgan fingerprint density at radius 1 is 1.09 bits per heavy atom. The predicted molar refractivity (Wildman–Crippen MR) is 96.0 cm³/mol. The van der Waals surface area contributed by atoms with Gasteiger partial charge in [0.05, 0.1) is 6.61 Å². The second kappa shape index (κ2) is 8.23. The third-order valence-electron chi connectivity index (χ3n) is 3.32. The molecule has 0 radical (unpaired) electrons. The van der Waals surface area contributed by atoms with Crippen LogP contribution in [0.4, 0.5) is 4.79 Å². The van der Waals surface area contributed by atoms with Gasteiger partial charge in [0.1, 0.15) is 5.75 Å². The molecule has 2 amide bonds. The van der Waals surface area contributed by atoms with E-state index in [0.29, 0.717) is 13.2 Å². The minimum atomic E-state index is -0.221. The van der Waals surface area contributed by atoms with E-state index in [1.54, 1.807) is 0 Å². The van der Waals surface area contributed by atoms with Gasteiger partial charge in [-0.25, -0.2) is 4.79 Å². The molecule has 0 atom stereocenters. The van der Waals surface area contributed by atoms with Crippen LogP contribution in [0.5, 0.6) is 5.75 Å². The molecule has 0 unspecified atom stereocenters. The summed E-state index contributed by atoms with van der Waals surface area (Å²) in [6, 6.07) is 7.86. The number of amides is 2. The maximum atomic E-state index is 12.0. The fourth-order valence-corrected chi connectivity index (χ4v) is 2.82. The molecule has 1 aromatic rings. The van der Waals surface area contributed by atoms with Gasteiger partial charge in [0, 0.05) is 12.1 Å². The Balaban J connectivity index is 2.20. The molecule has 23 heavy (non-hydrogen) atoms. The molecular weight excluding hydrogens is 288 g/mol. The summed E-state index contributed by atoms with van der Waals surface area (Å²) in [6.45, 7) is 13.9. The normalized spacial score (nSPS) is 11.9. The summed E-state index contributed by atoms with van der Waals surface area (Å²) in [5, 5.41) is 5.93. The van der Waals surface area contributed by atoms with Gasteiger partial charge in [-0.15, -0.1) is 0 Å². The van der Waals surface area contributed by atoms with Crippen molar-refractivity contribution in [2.75, 3.05) is 13.2 Å². The average molecular weight is 320 g/mol. The minimum absolute atomic E-state index is 0.116. The van der Waals surface area contributed by atoms with Gasteiger partial charge in [0.25, 0.3) is 0 Å². The van der Waals surface area contributed by atoms with Crippen molar-refractivity contribution >= 4 is 6.03 Å². The number of aryl methyl sites for hydroxylation is 1. The molecule has 1 rings (SSSR count). The second-order valence-electron chi connectivity index (χ2n) is 8.02. The van der Waals surface area contributed by atoms with Gasteiger partial charge in [-0.2, -0.15) is 0 Å². The Hall–Kier alpha value is -1.71. The Morgan fingerprint density at radius 3 is 2.26 bits per heavy atom. The highest BCUT2D eigenvalue weighted by Gasteiger charge is 2.26. The van der Waals surface area contributed by atoms with Crippen molar-refractivity contribution < 1.29 is 9.53 Å². The molecule has 4 heteroatoms. The first-order valence-corrected chi connectivity index (χ1v) is 8.33. The topological polar surface area (TPSA) is 50.4 Å². The van der Waals surface area contributed by atoms with E-state index < -0.39 is 0 Å². The lowest BCUT2D eigenvalue weighted by Gasteiger charge is -2.33. The van der Waals surface area contributed by atoms with E-state index in [-0.39, 0.29) is 17.0 Å². The molecule has 0 spiro atoms. The Morgan fingerprint density at radius 2 is 1.70 bits per heavy atom. The first-order chi connectivity index (χ1) is 10.6. The van der Waals surface area contributed by atoms with E-state index in [2.05, 4.69) is 45.3 Å². The molecular formula is C19H32N2O2. The molecule has 0 fully saturated rings. The number of hydrogen-bond donors (Lipinski definition) is 2. The highest BCUT2D eigenvalue weighted by molar-refractivity contribution is 5.74. The molecule has 1 aromatic carbocycles. The fourth-order valence-electron chi connectivity index (χ4n) is 2.82. The maximum absolute atomic E-state index is 12.0. The lowest BCUT2D eigenvalue weighted by atomic mass is 9.82. The molecule has 0 saturated carbocycles. The molecule has 0 aliphatic heterocycles. The Bertz CT molecular complexity index is 487. The zero-order chi connectivity index (χ0) is 17.5. The van der Waals surface area contributed by atoms with Crippen molar-refractivity contribution in [2.45, 2.75) is 59.9 Å². The SMILES string of the molecule is Cc1ccc(OCCCNC(=O)NC(C)(C)CC(C)(C)C)cc1. The number of hydrogen-bond acceptors (Lipinski definition) is 2. The zero-order valence-electron chi connectivity index (χ0n) is 15.5. The summed E-state index contributed by atoms with van der Waals surface area (Å²) in [5.74, 6) is 0.867. The number of ether oxygens (including phenoxy) is 1. The van der Waals surface area contributed by atoms with E-state index in [0.717, 1.165) is 18.6 Å². The summed E-state index contributed by atoms with van der Waals surface area (Å²) >= 11 is 0. The van der Waals surface area contributed by atoms with Crippen LogP contribution in [0.2, 0.25) is 0 Å². The summed E-state index contributed by atoms with van der Waals surface area (Å²) < 4.78 is 5.64. The van der Waals surface area contributed by atoms with Gasteiger partial charge >= 0.3 is 6.03 Å². The largest absolute Gasteiger partial charge is 0.494 e. The Kier molecular flexibility index (Phi) is 6.92. The molecule has 0 aliphatic rings. The van der Waals surface area contributed by atoms with Crippen LogP contribution >= 0.6 is 0 Å². The number of urea groups is 1. The number of nitrogens with one attached hydrogen (secondary N) is 2. The minimum Gasteiger partial charge on any atom is -0.494 e. The van der Waals surface area contributed by atoms with E-state index in [4.69, 9.17) is 4.74 Å². The van der Waals surface area contributed by atoms with Crippen molar-refractivity contribution in [3.63, 3.8) is 0 Å². The van der Waals surface area contributed by atoms with Gasteiger partial charge in [-0.05, 0) is 51.2 Å². The molecule has 0 saturated heterocycles. The molecule has 4 nitrogen and oxygen atoms in total. The zero-order valence-corrected chi connectivity index (χ0v) is 15.5. The Labute approximate surface area is 141 Å². The third kappa shape index (κ3) is 9.11. The first-order valence-electron chi connectivity index (χ1n) is 8.33. The third-order valence-corrected chi connectivity index (χ3v) is 3.32. The van der Waals surface area contributed by atoms with Crippen molar-refractivity contribution in [1.29, 1.82) is 0 Å². The average Bonchev–Trinajstić information content (AvgIpc) is 2.37. The van der Waals surface area contributed by atoms with Gasteiger partial charge < -0.3 is 15.4 Å². The number of carbonyl (C=O) groups is 1. The van der Waals surface area contributed by atoms with Crippen molar-refractivity contribution in [2.24, 2.45) is 5.41 Å². The fraction of sp³-hybridized carbons (Fsp3) is 0.632. The van der Waals surface area contributed by atoms with Crippen molar-refractivity contribution in [1.82, 2.24) is 10.6 Å². The summed E-state index contributed by atoms with van der Waals surface area (Å²) in [7, 11) is 0. The molecule has 0 aliphatic carbocycles. The monoisotopic (exact) mass is 320 g/mol. The van der Waals surface area contributed by atoms with Crippen molar-refractivity contribution in [3.8, 4) is 5.75 Å². The smallest absolute Gasteiger partial charge is 0.315 e. The predicted octanol–water partition coefficient (Wildman–Crippen LogP) is 4.28. The van der Waals surface area contributed by atoms with E-state index in [9.17, 15) is 4.79 Å². The molecule has 0 heterocycles. The first kappa shape index (κ1) is 19.3. The standard InChI is InChI=1S/C19H32N2O2/c1-15-8-10-16(11-9-15)23-13-7-12-20-17(22)21-19(5,6)14-18(2,3)4/h8-11H,7,12-14H2,1-6H3,(H2,20,21,22). The van der Waals surface area contributed by atoms with Crippen LogP contribution in [-0.2, 0) is 0 Å². The quantitative estimate of drug-likeness (QED) is 0.737. The highest BCUT2D eigenvalue weighted by atomic mass is 16.5. The van der Waals surface area contributed by atoms with Gasteiger partial charge in [-0.3, -0.25) is 0 Å². The van der Waals surface area contributed by atoms with Crippen LogP contribution in [0.25, 0.3) is 0 Å². The van der Waals surface area contributed by atoms with Crippen LogP contribution in [-0.4, -0.2) is 24.7 Å². The summed E-state index contributed by atoms with van der Waals surface area (Å²) in [5.41, 5.74) is 1.17. The lowest BCUT2D eigenvalue weighted by molar-refractivity contribution is 0.209. The van der Waals surface area contributed by atoms with Gasteiger partial charge in [0.15, 0.2) is 0 Å². The van der Waals surface area contributed by atoms with Crippen LogP contribution in [0, 0.1) is 12.3 Å². The summed E-state index contributed by atoms with van der Waals surface area (Å²) in [6.07, 6.45) is 1.70. The number of carbonyl (C=O) groups excluding carboxylic acids is 1. The number of rotatable bonds is 7. The molecule has 0 bridgehead atoms. The lowest BCUT2D eigenvalue weighted by Crippen LogP contribution is -2.50. The molecule has 0 aromatic heterocycles. The van der Waals surface area contributed by atoms with E-state index in [1.807, 2.05) is 31.2 Å². The van der Waals surface area contributed by atoms with Gasteiger partial charge in [-0.1, -0.05) is 38.5 Å². The van der Waals surface area contributed by atoms with E-state index >= 15 is 0 Å². The summed E-state index contributed by atoms with van der Waals surface area (Å²) in [4.78, 5) is 12.0. The van der Waals surface area contributed by atoms with Crippen molar-refractivity contribution in [3.05, 3.63) is 29.8 Å². The van der Waals surface area contributed by atoms with Crippen LogP contribution in [0.15, 0.2) is 24.3 Å². The highest BCUT2D eigenvalue weighted by Crippen LogP contribution is 2.26. The molecule has 2 N–H and O–H groups in total. The number of benzene rings is 1. The van der Waals surface area contributed by atoms with Crippen LogP contribution < -0.4 is 15.4 Å². The van der Waals surface area contributed by atoms with Gasteiger partial charge in [0.2, 0.25) is 0 Å². The van der Waals surface area contributed by atoms with Crippen LogP contribution in [0.3, 0.4) is 0 Å².